The molecule has 0 spiro atoms. The summed E-state index contributed by atoms with van der Waals surface area (Å²) < 4.78 is 26.2. The predicted molar refractivity (Wildman–Crippen MR) is 66.5 cm³/mol. The first kappa shape index (κ1) is 11.2. The van der Waals surface area contributed by atoms with Gasteiger partial charge in [-0.2, -0.15) is 0 Å². The van der Waals surface area contributed by atoms with Gasteiger partial charge < -0.3 is 4.98 Å². The number of nitrogens with zero attached hydrogens (tertiary/aromatic N) is 1. The number of imidazole rings is 1. The van der Waals surface area contributed by atoms with Crippen LogP contribution in [0.25, 0.3) is 22.4 Å². The Labute approximate surface area is 106 Å². The van der Waals surface area contributed by atoms with E-state index in [4.69, 9.17) is 11.6 Å². The minimum Gasteiger partial charge on any atom is -0.338 e. The molecular weight excluding hydrogens is 258 g/mol. The molecule has 0 atom stereocenters. The Hall–Kier alpha value is -1.94. The molecule has 5 heteroatoms. The summed E-state index contributed by atoms with van der Waals surface area (Å²) in [5.74, 6) is -1.28. The zero-order valence-corrected chi connectivity index (χ0v) is 9.80. The van der Waals surface area contributed by atoms with Crippen LogP contribution in [0.3, 0.4) is 0 Å². The standard InChI is InChI=1S/C13H7ClF2N2/c14-8-3-1-2-7(4-8)13-17-11-5-9(15)10(16)6-12(11)18-13/h1-6H,(H,17,18). The molecule has 1 aromatic heterocycles. The number of H-pyrrole nitrogens is 1. The molecule has 0 unspecified atom stereocenters. The molecular formula is C13H7ClF2N2. The molecule has 0 aliphatic rings. The van der Waals surface area contributed by atoms with Crippen LogP contribution >= 0.6 is 11.6 Å². The van der Waals surface area contributed by atoms with Crippen LogP contribution in [0.2, 0.25) is 5.02 Å². The molecule has 0 bridgehead atoms. The molecule has 2 nitrogen and oxygen atoms in total. The summed E-state index contributed by atoms with van der Waals surface area (Å²) in [6.07, 6.45) is 0. The maximum Gasteiger partial charge on any atom is 0.161 e. The first-order valence-electron chi connectivity index (χ1n) is 5.24. The van der Waals surface area contributed by atoms with Gasteiger partial charge in [-0.1, -0.05) is 23.7 Å². The summed E-state index contributed by atoms with van der Waals surface area (Å²) in [5.41, 5.74) is 1.59. The Morgan fingerprint density at radius 1 is 1.06 bits per heavy atom. The van der Waals surface area contributed by atoms with E-state index in [1.165, 1.54) is 0 Å². The molecule has 2 aromatic carbocycles. The van der Waals surface area contributed by atoms with Crippen molar-refractivity contribution in [3.63, 3.8) is 0 Å². The van der Waals surface area contributed by atoms with Crippen LogP contribution < -0.4 is 0 Å². The molecule has 3 rings (SSSR count). The van der Waals surface area contributed by atoms with Gasteiger partial charge >= 0.3 is 0 Å². The summed E-state index contributed by atoms with van der Waals surface area (Å²) >= 11 is 5.88. The van der Waals surface area contributed by atoms with Gasteiger partial charge in [-0.3, -0.25) is 0 Å². The van der Waals surface area contributed by atoms with E-state index in [9.17, 15) is 8.78 Å². The highest BCUT2D eigenvalue weighted by Gasteiger charge is 2.09. The third-order valence-electron chi connectivity index (χ3n) is 2.62. The summed E-state index contributed by atoms with van der Waals surface area (Å²) in [6.45, 7) is 0. The molecule has 3 aromatic rings. The molecule has 90 valence electrons. The fourth-order valence-corrected chi connectivity index (χ4v) is 1.97. The molecule has 1 heterocycles. The van der Waals surface area contributed by atoms with Gasteiger partial charge in [-0.15, -0.1) is 0 Å². The second-order valence-electron chi connectivity index (χ2n) is 3.88. The highest BCUT2D eigenvalue weighted by Crippen LogP contribution is 2.24. The van der Waals surface area contributed by atoms with Crippen molar-refractivity contribution in [3.05, 3.63) is 53.1 Å². The Kier molecular flexibility index (Phi) is 2.52. The van der Waals surface area contributed by atoms with Crippen LogP contribution in [-0.2, 0) is 0 Å². The lowest BCUT2D eigenvalue weighted by atomic mass is 10.2. The molecule has 0 amide bonds. The van der Waals surface area contributed by atoms with Gasteiger partial charge in [-0.25, -0.2) is 13.8 Å². The molecule has 0 aliphatic carbocycles. The molecule has 0 fully saturated rings. The van der Waals surface area contributed by atoms with E-state index in [0.29, 0.717) is 21.9 Å². The lowest BCUT2D eigenvalue weighted by Crippen LogP contribution is -1.82. The van der Waals surface area contributed by atoms with E-state index in [2.05, 4.69) is 9.97 Å². The summed E-state index contributed by atoms with van der Waals surface area (Å²) in [7, 11) is 0. The average Bonchev–Trinajstić information content (AvgIpc) is 2.73. The predicted octanol–water partition coefficient (Wildman–Crippen LogP) is 4.16. The maximum absolute atomic E-state index is 13.1. The van der Waals surface area contributed by atoms with Crippen LogP contribution in [0.1, 0.15) is 0 Å². The number of aromatic nitrogens is 2. The van der Waals surface area contributed by atoms with Crippen molar-refractivity contribution in [2.75, 3.05) is 0 Å². The Morgan fingerprint density at radius 3 is 2.61 bits per heavy atom. The van der Waals surface area contributed by atoms with Crippen LogP contribution in [0, 0.1) is 11.6 Å². The zero-order chi connectivity index (χ0) is 12.7. The van der Waals surface area contributed by atoms with Crippen LogP contribution in [0.15, 0.2) is 36.4 Å². The highest BCUT2D eigenvalue weighted by molar-refractivity contribution is 6.30. The van der Waals surface area contributed by atoms with Crippen molar-refractivity contribution in [2.24, 2.45) is 0 Å². The van der Waals surface area contributed by atoms with Gasteiger partial charge in [0.05, 0.1) is 11.0 Å². The molecule has 0 radical (unpaired) electrons. The van der Waals surface area contributed by atoms with Crippen molar-refractivity contribution < 1.29 is 8.78 Å². The SMILES string of the molecule is Fc1cc2nc(-c3cccc(Cl)c3)[nH]c2cc1F. The van der Waals surface area contributed by atoms with Crippen LogP contribution in [-0.4, -0.2) is 9.97 Å². The maximum atomic E-state index is 13.1. The molecule has 18 heavy (non-hydrogen) atoms. The minimum absolute atomic E-state index is 0.379. The van der Waals surface area contributed by atoms with Gasteiger partial charge in [0.25, 0.3) is 0 Å². The number of fused-ring (bicyclic) bond motifs is 1. The van der Waals surface area contributed by atoms with E-state index in [-0.39, 0.29) is 0 Å². The number of hydrogen-bond donors (Lipinski definition) is 1. The van der Waals surface area contributed by atoms with Crippen LogP contribution in [0.4, 0.5) is 8.78 Å². The molecule has 1 N–H and O–H groups in total. The van der Waals surface area contributed by atoms with Crippen molar-refractivity contribution in [1.82, 2.24) is 9.97 Å². The third-order valence-corrected chi connectivity index (χ3v) is 2.86. The van der Waals surface area contributed by atoms with Gasteiger partial charge in [0, 0.05) is 22.7 Å². The van der Waals surface area contributed by atoms with Gasteiger partial charge in [0.2, 0.25) is 0 Å². The summed E-state index contributed by atoms with van der Waals surface area (Å²) in [6, 6.07) is 9.22. The normalized spacial score (nSPS) is 11.1. The fraction of sp³-hybridized carbons (Fsp3) is 0. The number of halogens is 3. The van der Waals surface area contributed by atoms with Crippen molar-refractivity contribution in [2.45, 2.75) is 0 Å². The summed E-state index contributed by atoms with van der Waals surface area (Å²) in [5, 5.41) is 0.574. The monoisotopic (exact) mass is 264 g/mol. The van der Waals surface area contributed by atoms with E-state index in [1.807, 2.05) is 6.07 Å². The van der Waals surface area contributed by atoms with Crippen molar-refractivity contribution in [3.8, 4) is 11.4 Å². The van der Waals surface area contributed by atoms with E-state index < -0.39 is 11.6 Å². The lowest BCUT2D eigenvalue weighted by Gasteiger charge is -1.96. The zero-order valence-electron chi connectivity index (χ0n) is 9.05. The fourth-order valence-electron chi connectivity index (χ4n) is 1.78. The number of hydrogen-bond acceptors (Lipinski definition) is 1. The van der Waals surface area contributed by atoms with Crippen molar-refractivity contribution in [1.29, 1.82) is 0 Å². The number of benzene rings is 2. The first-order valence-corrected chi connectivity index (χ1v) is 5.62. The lowest BCUT2D eigenvalue weighted by molar-refractivity contribution is 0.510. The minimum atomic E-state index is -0.911. The summed E-state index contributed by atoms with van der Waals surface area (Å²) in [4.78, 5) is 7.14. The van der Waals surface area contributed by atoms with Crippen molar-refractivity contribution >= 4 is 22.6 Å². The van der Waals surface area contributed by atoms with E-state index >= 15 is 0 Å². The second kappa shape index (κ2) is 4.07. The highest BCUT2D eigenvalue weighted by atomic mass is 35.5. The second-order valence-corrected chi connectivity index (χ2v) is 4.32. The quantitative estimate of drug-likeness (QED) is 0.702. The largest absolute Gasteiger partial charge is 0.338 e. The van der Waals surface area contributed by atoms with Gasteiger partial charge in [0.15, 0.2) is 11.6 Å². The third kappa shape index (κ3) is 1.84. The number of aromatic amines is 1. The Morgan fingerprint density at radius 2 is 1.83 bits per heavy atom. The number of nitrogens with one attached hydrogen (secondary N) is 1. The smallest absolute Gasteiger partial charge is 0.161 e. The van der Waals surface area contributed by atoms with E-state index in [0.717, 1.165) is 17.7 Å². The number of rotatable bonds is 1. The Bertz CT molecular complexity index is 698. The first-order chi connectivity index (χ1) is 8.63. The van der Waals surface area contributed by atoms with Gasteiger partial charge in [0.1, 0.15) is 5.82 Å². The topological polar surface area (TPSA) is 28.7 Å². The molecule has 0 saturated heterocycles. The van der Waals surface area contributed by atoms with Gasteiger partial charge in [-0.05, 0) is 12.1 Å². The van der Waals surface area contributed by atoms with E-state index in [1.54, 1.807) is 18.2 Å². The van der Waals surface area contributed by atoms with Crippen LogP contribution in [0.5, 0.6) is 0 Å². The Balaban J connectivity index is 2.19. The average molecular weight is 265 g/mol. The molecule has 0 aliphatic heterocycles. The molecule has 0 saturated carbocycles.